The average Bonchev–Trinajstić information content (AvgIpc) is 2.18. The first-order valence-electron chi connectivity index (χ1n) is 6.23. The summed E-state index contributed by atoms with van der Waals surface area (Å²) in [6, 6.07) is 0. The van der Waals surface area contributed by atoms with Gasteiger partial charge in [-0.3, -0.25) is 4.79 Å². The third-order valence-corrected chi connectivity index (χ3v) is 3.94. The van der Waals surface area contributed by atoms with E-state index in [1.54, 1.807) is 6.92 Å². The van der Waals surface area contributed by atoms with Gasteiger partial charge in [0.05, 0.1) is 0 Å². The molecule has 0 N–H and O–H groups in total. The fourth-order valence-electron chi connectivity index (χ4n) is 2.82. The van der Waals surface area contributed by atoms with Crippen molar-refractivity contribution in [3.05, 3.63) is 0 Å². The van der Waals surface area contributed by atoms with E-state index in [2.05, 4.69) is 20.8 Å². The summed E-state index contributed by atoms with van der Waals surface area (Å²) in [4.78, 5) is 13.2. The molecule has 0 spiro atoms. The Hall–Kier alpha value is -0.530. The zero-order chi connectivity index (χ0) is 11.5. The Morgan fingerprint density at radius 2 is 1.87 bits per heavy atom. The van der Waals surface area contributed by atoms with Gasteiger partial charge in [0.25, 0.3) is 0 Å². The molecular weight excluding hydrogens is 186 g/mol. The van der Waals surface area contributed by atoms with Gasteiger partial charge in [0.1, 0.15) is 0 Å². The molecular formula is C13H25NO. The largest absolute Gasteiger partial charge is 0.343 e. The van der Waals surface area contributed by atoms with Crippen LogP contribution in [-0.2, 0) is 4.79 Å². The molecule has 1 heterocycles. The molecule has 0 bridgehead atoms. The van der Waals surface area contributed by atoms with Gasteiger partial charge in [-0.25, -0.2) is 0 Å². The second kappa shape index (κ2) is 5.00. The van der Waals surface area contributed by atoms with Crippen LogP contribution >= 0.6 is 0 Å². The lowest BCUT2D eigenvalue weighted by atomic mass is 9.71. The van der Waals surface area contributed by atoms with Gasteiger partial charge in [-0.1, -0.05) is 27.2 Å². The molecule has 1 amide bonds. The van der Waals surface area contributed by atoms with Crippen molar-refractivity contribution in [1.29, 1.82) is 0 Å². The first-order valence-corrected chi connectivity index (χ1v) is 6.23. The van der Waals surface area contributed by atoms with Crippen LogP contribution in [0.1, 0.15) is 53.4 Å². The maximum Gasteiger partial charge on any atom is 0.219 e. The van der Waals surface area contributed by atoms with E-state index < -0.39 is 0 Å². The van der Waals surface area contributed by atoms with Crippen molar-refractivity contribution in [2.45, 2.75) is 53.4 Å². The zero-order valence-corrected chi connectivity index (χ0v) is 10.7. The highest BCUT2D eigenvalue weighted by Crippen LogP contribution is 2.38. The molecule has 0 saturated carbocycles. The Morgan fingerprint density at radius 1 is 1.33 bits per heavy atom. The summed E-state index contributed by atoms with van der Waals surface area (Å²) < 4.78 is 0. The Labute approximate surface area is 94.0 Å². The Balaban J connectivity index is 2.46. The highest BCUT2D eigenvalue weighted by atomic mass is 16.2. The number of hydrogen-bond acceptors (Lipinski definition) is 1. The van der Waals surface area contributed by atoms with Gasteiger partial charge >= 0.3 is 0 Å². The van der Waals surface area contributed by atoms with E-state index in [1.165, 1.54) is 25.7 Å². The molecule has 1 fully saturated rings. The first-order chi connectivity index (χ1) is 6.97. The van der Waals surface area contributed by atoms with Crippen molar-refractivity contribution < 1.29 is 4.79 Å². The van der Waals surface area contributed by atoms with Gasteiger partial charge in [-0.15, -0.1) is 0 Å². The third kappa shape index (κ3) is 3.22. The molecule has 88 valence electrons. The molecule has 0 unspecified atom stereocenters. The van der Waals surface area contributed by atoms with Crippen LogP contribution in [0.3, 0.4) is 0 Å². The number of rotatable bonds is 3. The van der Waals surface area contributed by atoms with Crippen molar-refractivity contribution in [2.75, 3.05) is 13.1 Å². The van der Waals surface area contributed by atoms with Gasteiger partial charge in [0, 0.05) is 20.0 Å². The fraction of sp³-hybridized carbons (Fsp3) is 0.923. The third-order valence-electron chi connectivity index (χ3n) is 3.94. The van der Waals surface area contributed by atoms with Crippen molar-refractivity contribution >= 4 is 5.91 Å². The summed E-state index contributed by atoms with van der Waals surface area (Å²) in [5, 5.41) is 0. The first kappa shape index (κ1) is 12.5. The predicted molar refractivity (Wildman–Crippen MR) is 63.7 cm³/mol. The number of likely N-dealkylation sites (tertiary alicyclic amines) is 1. The lowest BCUT2D eigenvalue weighted by molar-refractivity contribution is -0.130. The summed E-state index contributed by atoms with van der Waals surface area (Å²) in [6.07, 6.45) is 4.94. The van der Waals surface area contributed by atoms with Crippen LogP contribution in [-0.4, -0.2) is 23.9 Å². The van der Waals surface area contributed by atoms with Crippen LogP contribution in [0.4, 0.5) is 0 Å². The van der Waals surface area contributed by atoms with Gasteiger partial charge in [-0.2, -0.15) is 0 Å². The Bertz CT molecular complexity index is 215. The van der Waals surface area contributed by atoms with E-state index in [9.17, 15) is 4.79 Å². The minimum atomic E-state index is 0.238. The molecule has 1 aliphatic heterocycles. The van der Waals surface area contributed by atoms with E-state index >= 15 is 0 Å². The van der Waals surface area contributed by atoms with Crippen LogP contribution in [0.15, 0.2) is 0 Å². The average molecular weight is 211 g/mol. The predicted octanol–water partition coefficient (Wildman–Crippen LogP) is 3.07. The van der Waals surface area contributed by atoms with Crippen molar-refractivity contribution in [3.8, 4) is 0 Å². The maximum atomic E-state index is 11.2. The summed E-state index contributed by atoms with van der Waals surface area (Å²) in [5.41, 5.74) is 0.456. The van der Waals surface area contributed by atoms with Crippen LogP contribution in [0, 0.1) is 11.3 Å². The normalized spacial score (nSPS) is 19.3. The van der Waals surface area contributed by atoms with Crippen LogP contribution in [0.5, 0.6) is 0 Å². The van der Waals surface area contributed by atoms with E-state index in [4.69, 9.17) is 0 Å². The second-order valence-electron chi connectivity index (χ2n) is 5.52. The Morgan fingerprint density at radius 3 is 2.27 bits per heavy atom. The van der Waals surface area contributed by atoms with E-state index in [-0.39, 0.29) is 5.91 Å². The monoisotopic (exact) mass is 211 g/mol. The second-order valence-corrected chi connectivity index (χ2v) is 5.52. The minimum absolute atomic E-state index is 0.238. The molecule has 0 atom stereocenters. The molecule has 0 aromatic rings. The van der Waals surface area contributed by atoms with Crippen molar-refractivity contribution in [3.63, 3.8) is 0 Å². The molecule has 0 aromatic carbocycles. The SMILES string of the molecule is CCCC(C)(C)C1CCN(C(C)=O)CC1. The van der Waals surface area contributed by atoms with Gasteiger partial charge < -0.3 is 4.90 Å². The highest BCUT2D eigenvalue weighted by molar-refractivity contribution is 5.73. The Kier molecular flexibility index (Phi) is 4.18. The summed E-state index contributed by atoms with van der Waals surface area (Å²) in [7, 11) is 0. The van der Waals surface area contributed by atoms with E-state index in [0.717, 1.165) is 19.0 Å². The molecule has 15 heavy (non-hydrogen) atoms. The number of piperidine rings is 1. The minimum Gasteiger partial charge on any atom is -0.343 e. The number of carbonyl (C=O) groups is 1. The maximum absolute atomic E-state index is 11.2. The van der Waals surface area contributed by atoms with E-state index in [0.29, 0.717) is 5.41 Å². The number of hydrogen-bond donors (Lipinski definition) is 0. The lowest BCUT2D eigenvalue weighted by Crippen LogP contribution is -2.41. The number of carbonyl (C=O) groups excluding carboxylic acids is 1. The van der Waals surface area contributed by atoms with Gasteiger partial charge in [0.2, 0.25) is 5.91 Å². The molecule has 1 rings (SSSR count). The summed E-state index contributed by atoms with van der Waals surface area (Å²) in [5.74, 6) is 1.04. The van der Waals surface area contributed by atoms with Crippen LogP contribution < -0.4 is 0 Å². The molecule has 2 nitrogen and oxygen atoms in total. The molecule has 0 aromatic heterocycles. The van der Waals surface area contributed by atoms with Gasteiger partial charge in [0.15, 0.2) is 0 Å². The lowest BCUT2D eigenvalue weighted by Gasteiger charge is -2.40. The molecule has 0 aliphatic carbocycles. The smallest absolute Gasteiger partial charge is 0.219 e. The van der Waals surface area contributed by atoms with Crippen molar-refractivity contribution in [1.82, 2.24) is 4.90 Å². The molecule has 1 saturated heterocycles. The highest BCUT2D eigenvalue weighted by Gasteiger charge is 2.32. The van der Waals surface area contributed by atoms with Crippen LogP contribution in [0.25, 0.3) is 0 Å². The standard InChI is InChI=1S/C13H25NO/c1-5-8-13(3,4)12-6-9-14(10-7-12)11(2)15/h12H,5-10H2,1-4H3. The summed E-state index contributed by atoms with van der Waals surface area (Å²) >= 11 is 0. The number of amides is 1. The summed E-state index contributed by atoms with van der Waals surface area (Å²) in [6.45, 7) is 10.6. The number of nitrogens with zero attached hydrogens (tertiary/aromatic N) is 1. The quantitative estimate of drug-likeness (QED) is 0.702. The fourth-order valence-corrected chi connectivity index (χ4v) is 2.82. The van der Waals surface area contributed by atoms with Gasteiger partial charge in [-0.05, 0) is 30.6 Å². The molecule has 2 heteroatoms. The van der Waals surface area contributed by atoms with Crippen LogP contribution in [0.2, 0.25) is 0 Å². The zero-order valence-electron chi connectivity index (χ0n) is 10.7. The molecule has 0 radical (unpaired) electrons. The van der Waals surface area contributed by atoms with E-state index in [1.807, 2.05) is 4.90 Å². The topological polar surface area (TPSA) is 20.3 Å². The van der Waals surface area contributed by atoms with Crippen molar-refractivity contribution in [2.24, 2.45) is 11.3 Å². The molecule has 1 aliphatic rings.